The number of nitriles is 1. The number of hydrogen-bond donors (Lipinski definition) is 0. The van der Waals surface area contributed by atoms with Crippen LogP contribution in [0, 0.1) is 17.2 Å². The van der Waals surface area contributed by atoms with Gasteiger partial charge in [0.2, 0.25) is 5.82 Å². The number of benzene rings is 1. The Morgan fingerprint density at radius 3 is 2.55 bits per heavy atom. The molecule has 33 heavy (non-hydrogen) atoms. The molecule has 0 aliphatic carbocycles. The van der Waals surface area contributed by atoms with E-state index >= 15 is 0 Å². The Morgan fingerprint density at radius 2 is 1.91 bits per heavy atom. The fraction of sp³-hybridized carbons (Fsp3) is 0.500. The van der Waals surface area contributed by atoms with E-state index in [1.54, 1.807) is 5.01 Å². The summed E-state index contributed by atoms with van der Waals surface area (Å²) < 4.78 is 0. The molecule has 0 radical (unpaired) electrons. The summed E-state index contributed by atoms with van der Waals surface area (Å²) in [5.41, 5.74) is 0.594. The van der Waals surface area contributed by atoms with Crippen LogP contribution in [-0.4, -0.2) is 83.5 Å². The predicted octanol–water partition coefficient (Wildman–Crippen LogP) is 3.16. The van der Waals surface area contributed by atoms with Crippen LogP contribution in [0.4, 0.5) is 5.82 Å². The molecule has 0 bridgehead atoms. The second-order valence-electron chi connectivity index (χ2n) is 8.75. The Labute approximate surface area is 201 Å². The number of carbonyl (C=O) groups excluding carboxylic acids is 1. The minimum atomic E-state index is -0.122. The third-order valence-electron chi connectivity index (χ3n) is 5.59. The highest BCUT2D eigenvalue weighted by atomic mass is 35.5. The number of hydrazine groups is 1. The van der Waals surface area contributed by atoms with Crippen molar-refractivity contribution in [2.24, 2.45) is 5.92 Å². The van der Waals surface area contributed by atoms with Crippen molar-refractivity contribution in [1.29, 1.82) is 5.26 Å². The zero-order valence-electron chi connectivity index (χ0n) is 19.6. The van der Waals surface area contributed by atoms with Gasteiger partial charge in [-0.3, -0.25) is 9.80 Å². The van der Waals surface area contributed by atoms with Crippen molar-refractivity contribution in [2.75, 3.05) is 57.9 Å². The maximum Gasteiger partial charge on any atom is 0.272 e. The quantitative estimate of drug-likeness (QED) is 0.522. The number of nitrogens with zero attached hydrogens (tertiary/aromatic N) is 7. The minimum absolute atomic E-state index is 0.0210. The molecule has 0 N–H and O–H groups in total. The van der Waals surface area contributed by atoms with Gasteiger partial charge in [0.05, 0.1) is 6.20 Å². The standard InChI is InChI=1S/C24H32ClN7O/c1-19(2)18-32(23-21(25)17-27-22(16-26)28-23)31(24(33)20-8-5-4-6-9-20)11-7-10-30-14-12-29(3)13-15-30/h4-6,8-9,17,19H,7,10-15,18H2,1-3H3. The van der Waals surface area contributed by atoms with Crippen molar-refractivity contribution in [3.63, 3.8) is 0 Å². The number of piperazine rings is 1. The maximum absolute atomic E-state index is 13.6. The lowest BCUT2D eigenvalue weighted by molar-refractivity contribution is 0.0712. The highest BCUT2D eigenvalue weighted by Gasteiger charge is 2.27. The number of amides is 1. The molecule has 1 aromatic carbocycles. The normalized spacial score (nSPS) is 14.8. The van der Waals surface area contributed by atoms with Gasteiger partial charge in [0, 0.05) is 51.4 Å². The third-order valence-corrected chi connectivity index (χ3v) is 5.86. The van der Waals surface area contributed by atoms with Crippen LogP contribution in [0.2, 0.25) is 5.02 Å². The first kappa shape index (κ1) is 24.9. The summed E-state index contributed by atoms with van der Waals surface area (Å²) in [6.45, 7) is 10.3. The summed E-state index contributed by atoms with van der Waals surface area (Å²) >= 11 is 6.47. The monoisotopic (exact) mass is 469 g/mol. The van der Waals surface area contributed by atoms with Crippen LogP contribution in [0.5, 0.6) is 0 Å². The van der Waals surface area contributed by atoms with Gasteiger partial charge in [0.25, 0.3) is 5.91 Å². The van der Waals surface area contributed by atoms with Crippen LogP contribution in [0.25, 0.3) is 0 Å². The zero-order chi connectivity index (χ0) is 23.8. The van der Waals surface area contributed by atoms with E-state index in [1.165, 1.54) is 6.20 Å². The summed E-state index contributed by atoms with van der Waals surface area (Å²) in [6, 6.07) is 11.2. The highest BCUT2D eigenvalue weighted by molar-refractivity contribution is 6.32. The van der Waals surface area contributed by atoms with Gasteiger partial charge in [-0.1, -0.05) is 43.6 Å². The Bertz CT molecular complexity index is 955. The van der Waals surface area contributed by atoms with Gasteiger partial charge < -0.3 is 9.80 Å². The molecule has 9 heteroatoms. The molecule has 8 nitrogen and oxygen atoms in total. The molecule has 0 spiro atoms. The molecule has 176 valence electrons. The topological polar surface area (TPSA) is 79.6 Å². The predicted molar refractivity (Wildman–Crippen MR) is 130 cm³/mol. The average molecular weight is 470 g/mol. The molecule has 2 aromatic rings. The van der Waals surface area contributed by atoms with Gasteiger partial charge in [-0.2, -0.15) is 10.2 Å². The van der Waals surface area contributed by atoms with Crippen molar-refractivity contribution in [1.82, 2.24) is 24.8 Å². The number of hydrogen-bond acceptors (Lipinski definition) is 7. The molecule has 2 heterocycles. The van der Waals surface area contributed by atoms with Crippen molar-refractivity contribution in [2.45, 2.75) is 20.3 Å². The van der Waals surface area contributed by atoms with Crippen LogP contribution in [-0.2, 0) is 0 Å². The van der Waals surface area contributed by atoms with E-state index in [0.29, 0.717) is 29.5 Å². The molecule has 1 amide bonds. The molecule has 0 atom stereocenters. The van der Waals surface area contributed by atoms with E-state index in [-0.39, 0.29) is 17.6 Å². The Kier molecular flexibility index (Phi) is 9.01. The first-order valence-corrected chi connectivity index (χ1v) is 11.7. The van der Waals surface area contributed by atoms with Crippen molar-refractivity contribution >= 4 is 23.3 Å². The number of aromatic nitrogens is 2. The van der Waals surface area contributed by atoms with Crippen LogP contribution < -0.4 is 5.01 Å². The number of carbonyl (C=O) groups is 1. The Balaban J connectivity index is 1.88. The summed E-state index contributed by atoms with van der Waals surface area (Å²) in [5.74, 6) is 0.501. The lowest BCUT2D eigenvalue weighted by Gasteiger charge is -2.38. The smallest absolute Gasteiger partial charge is 0.272 e. The van der Waals surface area contributed by atoms with Gasteiger partial charge in [0.15, 0.2) is 5.82 Å². The average Bonchev–Trinajstić information content (AvgIpc) is 2.82. The molecule has 1 aliphatic heterocycles. The maximum atomic E-state index is 13.6. The van der Waals surface area contributed by atoms with Gasteiger partial charge >= 0.3 is 0 Å². The summed E-state index contributed by atoms with van der Waals surface area (Å²) in [7, 11) is 2.14. The number of halogens is 1. The second kappa shape index (κ2) is 11.9. The van der Waals surface area contributed by atoms with Crippen molar-refractivity contribution in [3.8, 4) is 6.07 Å². The Hall–Kier alpha value is -2.73. The van der Waals surface area contributed by atoms with Gasteiger partial charge in [-0.05, 0) is 31.5 Å². The minimum Gasteiger partial charge on any atom is -0.304 e. The van der Waals surface area contributed by atoms with Crippen LogP contribution in [0.3, 0.4) is 0 Å². The summed E-state index contributed by atoms with van der Waals surface area (Å²) in [6.07, 6.45) is 2.23. The second-order valence-corrected chi connectivity index (χ2v) is 9.15. The molecular formula is C24H32ClN7O. The van der Waals surface area contributed by atoms with Crippen LogP contribution in [0.15, 0.2) is 36.5 Å². The number of anilines is 1. The van der Waals surface area contributed by atoms with E-state index in [9.17, 15) is 10.1 Å². The van der Waals surface area contributed by atoms with E-state index in [0.717, 1.165) is 39.1 Å². The lowest BCUT2D eigenvalue weighted by Crippen LogP contribution is -2.50. The Morgan fingerprint density at radius 1 is 1.21 bits per heavy atom. The first-order chi connectivity index (χ1) is 15.9. The molecule has 1 saturated heterocycles. The molecular weight excluding hydrogens is 438 g/mol. The van der Waals surface area contributed by atoms with Gasteiger partial charge in [0.1, 0.15) is 11.1 Å². The molecule has 3 rings (SSSR count). The summed E-state index contributed by atoms with van der Waals surface area (Å²) in [5, 5.41) is 13.2. The first-order valence-electron chi connectivity index (χ1n) is 11.4. The molecule has 0 saturated carbocycles. The van der Waals surface area contributed by atoms with E-state index in [1.807, 2.05) is 41.4 Å². The van der Waals surface area contributed by atoms with E-state index < -0.39 is 0 Å². The van der Waals surface area contributed by atoms with Crippen molar-refractivity contribution < 1.29 is 4.79 Å². The SMILES string of the molecule is CC(C)CN(c1nc(C#N)ncc1Cl)N(CCCN1CCN(C)CC1)C(=O)c1ccccc1. The van der Waals surface area contributed by atoms with Crippen LogP contribution in [0.1, 0.15) is 36.5 Å². The third kappa shape index (κ3) is 6.87. The molecule has 1 fully saturated rings. The highest BCUT2D eigenvalue weighted by Crippen LogP contribution is 2.26. The van der Waals surface area contributed by atoms with Crippen molar-refractivity contribution in [3.05, 3.63) is 52.9 Å². The number of rotatable bonds is 9. The molecule has 1 aromatic heterocycles. The fourth-order valence-electron chi connectivity index (χ4n) is 3.82. The lowest BCUT2D eigenvalue weighted by atomic mass is 10.2. The largest absolute Gasteiger partial charge is 0.304 e. The zero-order valence-corrected chi connectivity index (χ0v) is 20.4. The number of likely N-dealkylation sites (N-methyl/N-ethyl adjacent to an activating group) is 1. The van der Waals surface area contributed by atoms with E-state index in [2.05, 4.69) is 40.7 Å². The molecule has 1 aliphatic rings. The van der Waals surface area contributed by atoms with E-state index in [4.69, 9.17) is 11.6 Å². The molecule has 0 unspecified atom stereocenters. The fourth-order valence-corrected chi connectivity index (χ4v) is 4.00. The van der Waals surface area contributed by atoms with Gasteiger partial charge in [-0.25, -0.2) is 9.99 Å². The van der Waals surface area contributed by atoms with Gasteiger partial charge in [-0.15, -0.1) is 0 Å². The summed E-state index contributed by atoms with van der Waals surface area (Å²) in [4.78, 5) is 26.7. The van der Waals surface area contributed by atoms with Crippen LogP contribution >= 0.6 is 11.6 Å².